The number of rotatable bonds is 9. The molecule has 3 aliphatic rings. The van der Waals surface area contributed by atoms with Crippen LogP contribution in [0, 0.1) is 11.8 Å². The van der Waals surface area contributed by atoms with Crippen molar-refractivity contribution in [3.63, 3.8) is 0 Å². The largest absolute Gasteiger partial charge is 0.394 e. The van der Waals surface area contributed by atoms with Crippen LogP contribution in [0.15, 0.2) is 48.5 Å². The third-order valence-electron chi connectivity index (χ3n) is 12.0. The Morgan fingerprint density at radius 1 is 0.679 bits per heavy atom. The summed E-state index contributed by atoms with van der Waals surface area (Å²) in [5.74, 6) is -0.480. The molecule has 2 heterocycles. The predicted molar refractivity (Wildman–Crippen MR) is 208 cm³/mol. The Morgan fingerprint density at radius 2 is 1.11 bits per heavy atom. The molecule has 0 spiro atoms. The lowest BCUT2D eigenvalue weighted by molar-refractivity contribution is -0.110. The smallest absolute Gasteiger partial charge is 0.261 e. The van der Waals surface area contributed by atoms with E-state index in [-0.39, 0.29) is 42.3 Å². The number of amides is 4. The molecule has 278 valence electrons. The second-order valence-electron chi connectivity index (χ2n) is 15.9. The van der Waals surface area contributed by atoms with Crippen LogP contribution in [0.4, 0.5) is 0 Å². The first-order valence-corrected chi connectivity index (χ1v) is 19.0. The van der Waals surface area contributed by atoms with Crippen molar-refractivity contribution in [3.8, 4) is 0 Å². The summed E-state index contributed by atoms with van der Waals surface area (Å²) < 4.78 is 10.8. The highest BCUT2D eigenvalue weighted by Gasteiger charge is 2.44. The molecule has 9 nitrogen and oxygen atoms in total. The quantitative estimate of drug-likeness (QED) is 0.0926. The number of imide groups is 2. The summed E-state index contributed by atoms with van der Waals surface area (Å²) in [5, 5.41) is 14.6. The zero-order chi connectivity index (χ0) is 37.9. The predicted octanol–water partition coefficient (Wildman–Crippen LogP) is 8.36. The summed E-state index contributed by atoms with van der Waals surface area (Å²) in [5.41, 5.74) is 1.32. The Hall–Kier alpha value is -4.44. The lowest BCUT2D eigenvalue weighted by atomic mass is 9.81. The minimum absolute atomic E-state index is 0.0502. The van der Waals surface area contributed by atoms with E-state index in [4.69, 9.17) is 9.84 Å². The number of nitrogens with zero attached hydrogens (tertiary/aromatic N) is 2. The van der Waals surface area contributed by atoms with Gasteiger partial charge in [0.05, 0.1) is 31.0 Å². The third-order valence-corrected chi connectivity index (χ3v) is 12.0. The molecule has 0 saturated heterocycles. The number of carbonyl (C=O) groups excluding carboxylic acids is 4. The van der Waals surface area contributed by atoms with Crippen LogP contribution < -0.4 is 0 Å². The van der Waals surface area contributed by atoms with Crippen LogP contribution in [0.5, 0.6) is 0 Å². The van der Waals surface area contributed by atoms with E-state index in [1.807, 2.05) is 76.2 Å². The second-order valence-corrected chi connectivity index (χ2v) is 15.9. The van der Waals surface area contributed by atoms with Crippen LogP contribution in [0.2, 0.25) is 0 Å². The molecule has 2 unspecified atom stereocenters. The van der Waals surface area contributed by atoms with E-state index in [0.717, 1.165) is 58.0 Å². The Morgan fingerprint density at radius 3 is 1.49 bits per heavy atom. The van der Waals surface area contributed by atoms with Gasteiger partial charge in [-0.3, -0.25) is 29.0 Å². The highest BCUT2D eigenvalue weighted by molar-refractivity contribution is 6.41. The number of methoxy groups -OCH3 is 1. The van der Waals surface area contributed by atoms with Crippen LogP contribution in [-0.2, 0) is 9.47 Å². The molecule has 5 aromatic rings. The van der Waals surface area contributed by atoms with Gasteiger partial charge in [0.1, 0.15) is 0 Å². The van der Waals surface area contributed by atoms with E-state index in [2.05, 4.69) is 18.6 Å². The molecule has 0 bridgehead atoms. The molecule has 53 heavy (non-hydrogen) atoms. The van der Waals surface area contributed by atoms with Crippen molar-refractivity contribution in [2.75, 3.05) is 26.9 Å². The van der Waals surface area contributed by atoms with Crippen molar-refractivity contribution >= 4 is 66.7 Å². The van der Waals surface area contributed by atoms with Gasteiger partial charge in [-0.1, -0.05) is 57.4 Å². The van der Waals surface area contributed by atoms with Gasteiger partial charge in [0, 0.05) is 46.7 Å². The van der Waals surface area contributed by atoms with Gasteiger partial charge in [-0.05, 0) is 109 Å². The van der Waals surface area contributed by atoms with E-state index in [1.54, 1.807) is 7.11 Å². The Balaban J connectivity index is 0.000000817. The molecular weight excluding hydrogens is 668 g/mol. The molecule has 8 rings (SSSR count). The maximum Gasteiger partial charge on any atom is 0.261 e. The second kappa shape index (κ2) is 14.1. The summed E-state index contributed by atoms with van der Waals surface area (Å²) in [7, 11) is 1.55. The molecule has 1 saturated carbocycles. The molecule has 1 N–H and O–H groups in total. The van der Waals surface area contributed by atoms with Gasteiger partial charge in [0.15, 0.2) is 0 Å². The molecule has 2 aliphatic heterocycles. The van der Waals surface area contributed by atoms with E-state index in [9.17, 15) is 19.2 Å². The maximum atomic E-state index is 14.2. The van der Waals surface area contributed by atoms with E-state index >= 15 is 0 Å². The van der Waals surface area contributed by atoms with Crippen LogP contribution in [0.1, 0.15) is 115 Å². The van der Waals surface area contributed by atoms with Gasteiger partial charge in [-0.2, -0.15) is 0 Å². The average molecular weight is 719 g/mol. The Labute approximate surface area is 310 Å². The average Bonchev–Trinajstić information content (AvgIpc) is 3.14. The first-order chi connectivity index (χ1) is 25.3. The standard InChI is InChI=1S/C41H42N2O5.C3H8O2/c1-21(2)22(3)48-41(5,6)23(4)43-39(46)31-18-14-27-25-12-16-29-35-30(38(45)42(37(29)44)20-24-10-8-7-9-11-24)17-13-26(33(25)35)28-15-19-32(40(43)47)36(31)34(27)28;1-5-3-2-4/h12-19,21-24H,7-11,20H2,1-6H3;4H,2-3H2,1H3. The zero-order valence-corrected chi connectivity index (χ0v) is 31.9. The summed E-state index contributed by atoms with van der Waals surface area (Å²) in [6.07, 6.45) is 5.55. The first-order valence-electron chi connectivity index (χ1n) is 19.0. The topological polar surface area (TPSA) is 113 Å². The number of benzene rings is 5. The van der Waals surface area contributed by atoms with Gasteiger partial charge in [-0.25, -0.2) is 0 Å². The van der Waals surface area contributed by atoms with Crippen LogP contribution in [-0.4, -0.2) is 83.2 Å². The number of hydrogen-bond acceptors (Lipinski definition) is 7. The molecule has 4 amide bonds. The molecule has 9 heteroatoms. The maximum absolute atomic E-state index is 14.2. The number of carbonyl (C=O) groups is 4. The van der Waals surface area contributed by atoms with Crippen LogP contribution in [0.25, 0.3) is 43.1 Å². The van der Waals surface area contributed by atoms with Crippen molar-refractivity contribution in [3.05, 3.63) is 70.8 Å². The van der Waals surface area contributed by atoms with Crippen molar-refractivity contribution < 1.29 is 33.8 Å². The Bertz CT molecular complexity index is 2150. The van der Waals surface area contributed by atoms with E-state index in [0.29, 0.717) is 52.1 Å². The summed E-state index contributed by atoms with van der Waals surface area (Å²) in [4.78, 5) is 59.2. The van der Waals surface area contributed by atoms with Gasteiger partial charge < -0.3 is 14.6 Å². The lowest BCUT2D eigenvalue weighted by Gasteiger charge is -2.42. The van der Waals surface area contributed by atoms with Gasteiger partial charge in [0.2, 0.25) is 0 Å². The lowest BCUT2D eigenvalue weighted by Crippen LogP contribution is -2.56. The van der Waals surface area contributed by atoms with Crippen LogP contribution >= 0.6 is 0 Å². The summed E-state index contributed by atoms with van der Waals surface area (Å²) in [6, 6.07) is 14.7. The van der Waals surface area contributed by atoms with Crippen molar-refractivity contribution in [1.82, 2.24) is 9.80 Å². The highest BCUT2D eigenvalue weighted by Crippen LogP contribution is 2.47. The van der Waals surface area contributed by atoms with Gasteiger partial charge >= 0.3 is 0 Å². The monoisotopic (exact) mass is 718 g/mol. The number of aliphatic hydroxyl groups is 1. The SMILES string of the molecule is CC(C)C(C)OC(C)(C)C(C)N1C(=O)c2ccc3c4ccc5c6c(ccc(c7ccc(c2c37)C1=O)c64)C(=O)N(CC1CCCCC1)C5=O.COCCO. The minimum atomic E-state index is -0.771. The zero-order valence-electron chi connectivity index (χ0n) is 31.9. The van der Waals surface area contributed by atoms with Crippen molar-refractivity contribution in [1.29, 1.82) is 0 Å². The number of fused-ring (bicyclic) bond motifs is 2. The molecule has 0 radical (unpaired) electrons. The van der Waals surface area contributed by atoms with Gasteiger partial charge in [-0.15, -0.1) is 0 Å². The molecule has 2 atom stereocenters. The number of ether oxygens (including phenoxy) is 2. The van der Waals surface area contributed by atoms with E-state index in [1.165, 1.54) is 16.2 Å². The number of hydrogen-bond donors (Lipinski definition) is 1. The third kappa shape index (κ3) is 5.97. The molecular formula is C44H50N2O7. The molecule has 0 aromatic heterocycles. The van der Waals surface area contributed by atoms with Crippen molar-refractivity contribution in [2.45, 2.75) is 91.4 Å². The molecule has 1 fully saturated rings. The minimum Gasteiger partial charge on any atom is -0.394 e. The molecule has 1 aliphatic carbocycles. The fraction of sp³-hybridized carbons (Fsp3) is 0.455. The normalized spacial score (nSPS) is 17.8. The van der Waals surface area contributed by atoms with Crippen molar-refractivity contribution in [2.24, 2.45) is 11.8 Å². The fourth-order valence-electron chi connectivity index (χ4n) is 8.60. The summed E-state index contributed by atoms with van der Waals surface area (Å²) >= 11 is 0. The summed E-state index contributed by atoms with van der Waals surface area (Å²) in [6.45, 7) is 13.0. The van der Waals surface area contributed by atoms with Crippen LogP contribution in [0.3, 0.4) is 0 Å². The van der Waals surface area contributed by atoms with Gasteiger partial charge in [0.25, 0.3) is 23.6 Å². The fourth-order valence-corrected chi connectivity index (χ4v) is 8.60. The highest BCUT2D eigenvalue weighted by atomic mass is 16.5. The number of aliphatic hydroxyl groups excluding tert-OH is 1. The van der Waals surface area contributed by atoms with E-state index < -0.39 is 11.6 Å². The Kier molecular flexibility index (Phi) is 9.81. The molecule has 5 aromatic carbocycles. The first kappa shape index (κ1) is 36.9.